The lowest BCUT2D eigenvalue weighted by Gasteiger charge is -2.39. The molecule has 0 saturated heterocycles. The topological polar surface area (TPSA) is 96.2 Å². The summed E-state index contributed by atoms with van der Waals surface area (Å²) in [6.07, 6.45) is 6.67. The minimum atomic E-state index is -0.948. The molecule has 29 heavy (non-hydrogen) atoms. The highest BCUT2D eigenvalue weighted by Gasteiger charge is 2.40. The SMILES string of the molecule is C[C@@H](OC(=O)Cc1csc(-c2cccnc2)n1)C(=O)N(C)C1(C#N)CCCCC1. The van der Waals surface area contributed by atoms with Crippen molar-refractivity contribution in [2.45, 2.75) is 57.1 Å². The van der Waals surface area contributed by atoms with Crippen LogP contribution in [0.3, 0.4) is 0 Å². The molecule has 8 heteroatoms. The van der Waals surface area contributed by atoms with Crippen LogP contribution in [0.4, 0.5) is 0 Å². The number of hydrogen-bond donors (Lipinski definition) is 0. The van der Waals surface area contributed by atoms with Crippen LogP contribution in [0.25, 0.3) is 10.6 Å². The van der Waals surface area contributed by atoms with E-state index in [9.17, 15) is 14.9 Å². The predicted molar refractivity (Wildman–Crippen MR) is 109 cm³/mol. The van der Waals surface area contributed by atoms with Crippen molar-refractivity contribution in [3.63, 3.8) is 0 Å². The second-order valence-corrected chi connectivity index (χ2v) is 8.15. The first kappa shape index (κ1) is 20.9. The van der Waals surface area contributed by atoms with Crippen LogP contribution in [-0.4, -0.2) is 45.4 Å². The second-order valence-electron chi connectivity index (χ2n) is 7.30. The molecule has 0 spiro atoms. The Morgan fingerprint density at radius 2 is 2.14 bits per heavy atom. The quantitative estimate of drug-likeness (QED) is 0.675. The van der Waals surface area contributed by atoms with Gasteiger partial charge in [0.1, 0.15) is 10.5 Å². The predicted octanol–water partition coefficient (Wildman–Crippen LogP) is 3.36. The number of amides is 1. The highest BCUT2D eigenvalue weighted by atomic mass is 32.1. The Hall–Kier alpha value is -2.79. The standard InChI is InChI=1S/C21H24N4O3S/c1-15(20(27)25(2)21(14-22)8-4-3-5-9-21)28-18(26)11-17-13-29-19(24-17)16-7-6-10-23-12-16/h6-7,10,12-13,15H,3-5,8-9,11H2,1-2H3/t15-/m1/s1. The van der Waals surface area contributed by atoms with Crippen molar-refractivity contribution in [1.29, 1.82) is 5.26 Å². The maximum Gasteiger partial charge on any atom is 0.312 e. The molecule has 0 radical (unpaired) electrons. The normalized spacial score (nSPS) is 16.4. The monoisotopic (exact) mass is 412 g/mol. The first-order valence-electron chi connectivity index (χ1n) is 9.68. The Balaban J connectivity index is 1.58. The molecular weight excluding hydrogens is 388 g/mol. The number of ether oxygens (including phenoxy) is 1. The Morgan fingerprint density at radius 3 is 2.79 bits per heavy atom. The molecule has 2 heterocycles. The zero-order chi connectivity index (χ0) is 20.9. The summed E-state index contributed by atoms with van der Waals surface area (Å²) in [6.45, 7) is 1.55. The number of aromatic nitrogens is 2. The second kappa shape index (κ2) is 9.14. The molecule has 1 fully saturated rings. The molecular formula is C21H24N4O3S. The van der Waals surface area contributed by atoms with Crippen molar-refractivity contribution >= 4 is 23.2 Å². The van der Waals surface area contributed by atoms with E-state index < -0.39 is 17.6 Å². The van der Waals surface area contributed by atoms with Crippen molar-refractivity contribution in [3.05, 3.63) is 35.6 Å². The third kappa shape index (κ3) is 4.80. The van der Waals surface area contributed by atoms with Crippen molar-refractivity contribution in [1.82, 2.24) is 14.9 Å². The van der Waals surface area contributed by atoms with Crippen LogP contribution < -0.4 is 0 Å². The van der Waals surface area contributed by atoms with Gasteiger partial charge >= 0.3 is 5.97 Å². The van der Waals surface area contributed by atoms with Crippen molar-refractivity contribution in [2.24, 2.45) is 0 Å². The summed E-state index contributed by atoms with van der Waals surface area (Å²) in [5.74, 6) is -0.868. The van der Waals surface area contributed by atoms with Crippen molar-refractivity contribution in [2.75, 3.05) is 7.05 Å². The zero-order valence-corrected chi connectivity index (χ0v) is 17.4. The summed E-state index contributed by atoms with van der Waals surface area (Å²) in [5.41, 5.74) is 0.674. The molecule has 7 nitrogen and oxygen atoms in total. The summed E-state index contributed by atoms with van der Waals surface area (Å²) in [6, 6.07) is 6.05. The minimum absolute atomic E-state index is 0.0124. The number of hydrogen-bond acceptors (Lipinski definition) is 7. The number of nitriles is 1. The van der Waals surface area contributed by atoms with E-state index >= 15 is 0 Å². The highest BCUT2D eigenvalue weighted by molar-refractivity contribution is 7.13. The van der Waals surface area contributed by atoms with Gasteiger partial charge in [0, 0.05) is 30.4 Å². The Labute approximate surface area is 174 Å². The molecule has 0 N–H and O–H groups in total. The van der Waals surface area contributed by atoms with Gasteiger partial charge in [0.2, 0.25) is 0 Å². The summed E-state index contributed by atoms with van der Waals surface area (Å²) in [5, 5.41) is 12.2. The third-order valence-corrected chi connectivity index (χ3v) is 6.24. The average molecular weight is 413 g/mol. The number of rotatable bonds is 6. The summed E-state index contributed by atoms with van der Waals surface area (Å²) in [4.78, 5) is 35.1. The van der Waals surface area contributed by atoms with Crippen LogP contribution in [-0.2, 0) is 20.7 Å². The maximum absolute atomic E-state index is 12.8. The van der Waals surface area contributed by atoms with Gasteiger partial charge in [-0.3, -0.25) is 14.6 Å². The molecule has 1 saturated carbocycles. The molecule has 1 amide bonds. The van der Waals surface area contributed by atoms with E-state index in [1.807, 2.05) is 12.1 Å². The first-order valence-corrected chi connectivity index (χ1v) is 10.6. The van der Waals surface area contributed by atoms with Gasteiger partial charge in [-0.05, 0) is 31.9 Å². The summed E-state index contributed by atoms with van der Waals surface area (Å²) in [7, 11) is 1.63. The van der Waals surface area contributed by atoms with Gasteiger partial charge in [-0.2, -0.15) is 5.26 Å². The lowest BCUT2D eigenvalue weighted by Crippen LogP contribution is -2.53. The Morgan fingerprint density at radius 1 is 1.38 bits per heavy atom. The van der Waals surface area contributed by atoms with E-state index in [0.29, 0.717) is 18.5 Å². The van der Waals surface area contributed by atoms with E-state index in [2.05, 4.69) is 16.0 Å². The Kier molecular flexibility index (Phi) is 6.60. The molecule has 2 aromatic heterocycles. The van der Waals surface area contributed by atoms with Gasteiger partial charge in [-0.1, -0.05) is 19.3 Å². The van der Waals surface area contributed by atoms with E-state index in [4.69, 9.17) is 4.74 Å². The number of esters is 1. The van der Waals surface area contributed by atoms with Crippen LogP contribution in [0.15, 0.2) is 29.9 Å². The van der Waals surface area contributed by atoms with Crippen LogP contribution >= 0.6 is 11.3 Å². The van der Waals surface area contributed by atoms with Gasteiger partial charge in [-0.25, -0.2) is 4.98 Å². The number of carbonyl (C=O) groups excluding carboxylic acids is 2. The van der Waals surface area contributed by atoms with E-state index in [1.165, 1.54) is 16.2 Å². The van der Waals surface area contributed by atoms with E-state index in [0.717, 1.165) is 29.8 Å². The van der Waals surface area contributed by atoms with Gasteiger partial charge in [0.25, 0.3) is 5.91 Å². The molecule has 1 aliphatic rings. The fraction of sp³-hybridized carbons (Fsp3) is 0.476. The zero-order valence-electron chi connectivity index (χ0n) is 16.6. The maximum atomic E-state index is 12.8. The van der Waals surface area contributed by atoms with Crippen molar-refractivity contribution in [3.8, 4) is 16.6 Å². The smallest absolute Gasteiger partial charge is 0.312 e. The molecule has 152 valence electrons. The molecule has 1 aliphatic carbocycles. The van der Waals surface area contributed by atoms with Gasteiger partial charge in [0.05, 0.1) is 18.2 Å². The molecule has 2 aromatic rings. The van der Waals surface area contributed by atoms with Crippen LogP contribution in [0.2, 0.25) is 0 Å². The van der Waals surface area contributed by atoms with Crippen LogP contribution in [0.5, 0.6) is 0 Å². The average Bonchev–Trinajstić information content (AvgIpc) is 3.22. The van der Waals surface area contributed by atoms with E-state index in [-0.39, 0.29) is 12.3 Å². The number of carbonyl (C=O) groups is 2. The van der Waals surface area contributed by atoms with Crippen LogP contribution in [0, 0.1) is 11.3 Å². The fourth-order valence-corrected chi connectivity index (χ4v) is 4.40. The van der Waals surface area contributed by atoms with Gasteiger partial charge in [0.15, 0.2) is 6.10 Å². The molecule has 1 atom stereocenters. The lowest BCUT2D eigenvalue weighted by molar-refractivity contribution is -0.160. The van der Waals surface area contributed by atoms with Gasteiger partial charge in [-0.15, -0.1) is 11.3 Å². The highest BCUT2D eigenvalue weighted by Crippen LogP contribution is 2.33. The van der Waals surface area contributed by atoms with Crippen molar-refractivity contribution < 1.29 is 14.3 Å². The number of likely N-dealkylation sites (N-methyl/N-ethyl adjacent to an activating group) is 1. The summed E-state index contributed by atoms with van der Waals surface area (Å²) < 4.78 is 5.35. The molecule has 0 unspecified atom stereocenters. The molecule has 0 bridgehead atoms. The summed E-state index contributed by atoms with van der Waals surface area (Å²) >= 11 is 1.43. The Bertz CT molecular complexity index is 900. The molecule has 3 rings (SSSR count). The number of nitrogens with zero attached hydrogens (tertiary/aromatic N) is 4. The third-order valence-electron chi connectivity index (χ3n) is 5.30. The first-order chi connectivity index (χ1) is 13.9. The fourth-order valence-electron chi connectivity index (χ4n) is 3.59. The number of pyridine rings is 1. The minimum Gasteiger partial charge on any atom is -0.452 e. The number of thiazole rings is 1. The molecule has 0 aromatic carbocycles. The lowest BCUT2D eigenvalue weighted by atomic mass is 9.81. The largest absolute Gasteiger partial charge is 0.452 e. The van der Waals surface area contributed by atoms with Gasteiger partial charge < -0.3 is 9.64 Å². The molecule has 0 aliphatic heterocycles. The van der Waals surface area contributed by atoms with Crippen LogP contribution in [0.1, 0.15) is 44.7 Å². The van der Waals surface area contributed by atoms with E-state index in [1.54, 1.807) is 31.7 Å².